The van der Waals surface area contributed by atoms with Crippen LogP contribution in [0.4, 0.5) is 0 Å². The normalized spacial score (nSPS) is 10.4. The van der Waals surface area contributed by atoms with Crippen LogP contribution in [0, 0.1) is 0 Å². The first-order chi connectivity index (χ1) is 7.63. The largest absolute Gasteiger partial charge is 0.496 e. The summed E-state index contributed by atoms with van der Waals surface area (Å²) >= 11 is 5.95. The Balaban J connectivity index is 2.77. The molecule has 4 nitrogen and oxygen atoms in total. The molecule has 2 aromatic rings. The van der Waals surface area contributed by atoms with Gasteiger partial charge in [0.05, 0.1) is 17.6 Å². The highest BCUT2D eigenvalue weighted by Crippen LogP contribution is 2.29. The van der Waals surface area contributed by atoms with Gasteiger partial charge in [0.1, 0.15) is 11.4 Å². The van der Waals surface area contributed by atoms with Gasteiger partial charge in [-0.25, -0.2) is 9.78 Å². The number of ether oxygens (including phenoxy) is 1. The van der Waals surface area contributed by atoms with E-state index < -0.39 is 5.97 Å². The average Bonchev–Trinajstić information content (AvgIpc) is 2.29. The number of aromatic nitrogens is 1. The van der Waals surface area contributed by atoms with Crippen molar-refractivity contribution in [2.24, 2.45) is 0 Å². The van der Waals surface area contributed by atoms with Crippen molar-refractivity contribution in [3.8, 4) is 5.75 Å². The van der Waals surface area contributed by atoms with Gasteiger partial charge in [-0.05, 0) is 24.3 Å². The molecule has 0 saturated heterocycles. The summed E-state index contributed by atoms with van der Waals surface area (Å²) in [5.41, 5.74) is 0.392. The van der Waals surface area contributed by atoms with Crippen LogP contribution in [0.25, 0.3) is 10.9 Å². The van der Waals surface area contributed by atoms with E-state index in [0.29, 0.717) is 21.7 Å². The number of benzene rings is 1. The second kappa shape index (κ2) is 3.98. The van der Waals surface area contributed by atoms with E-state index >= 15 is 0 Å². The zero-order valence-electron chi connectivity index (χ0n) is 8.40. The van der Waals surface area contributed by atoms with E-state index in [9.17, 15) is 4.79 Å². The molecule has 1 heterocycles. The van der Waals surface area contributed by atoms with Crippen molar-refractivity contribution in [3.05, 3.63) is 35.0 Å². The van der Waals surface area contributed by atoms with Crippen molar-refractivity contribution in [1.29, 1.82) is 0 Å². The number of halogens is 1. The highest BCUT2D eigenvalue weighted by atomic mass is 35.5. The Morgan fingerprint density at radius 1 is 1.38 bits per heavy atom. The number of carboxylic acids is 1. The number of carbonyl (C=O) groups is 1. The van der Waals surface area contributed by atoms with Crippen molar-refractivity contribution in [1.82, 2.24) is 4.98 Å². The predicted octanol–water partition coefficient (Wildman–Crippen LogP) is 2.60. The lowest BCUT2D eigenvalue weighted by Crippen LogP contribution is -2.00. The van der Waals surface area contributed by atoms with Gasteiger partial charge in [-0.2, -0.15) is 0 Å². The molecule has 16 heavy (non-hydrogen) atoms. The second-order valence-electron chi connectivity index (χ2n) is 3.15. The monoisotopic (exact) mass is 237 g/mol. The molecule has 0 bridgehead atoms. The minimum Gasteiger partial charge on any atom is -0.496 e. The third-order valence-corrected chi connectivity index (χ3v) is 2.51. The van der Waals surface area contributed by atoms with Gasteiger partial charge in [0.15, 0.2) is 0 Å². The summed E-state index contributed by atoms with van der Waals surface area (Å²) in [5, 5.41) is 9.92. The Labute approximate surface area is 96.4 Å². The maximum Gasteiger partial charge on any atom is 0.354 e. The number of hydrogen-bond acceptors (Lipinski definition) is 3. The molecule has 0 unspecified atom stereocenters. The van der Waals surface area contributed by atoms with E-state index in [0.717, 1.165) is 0 Å². The zero-order chi connectivity index (χ0) is 11.7. The second-order valence-corrected chi connectivity index (χ2v) is 3.55. The molecule has 0 aliphatic carbocycles. The molecule has 5 heteroatoms. The Bertz CT molecular complexity index is 568. The molecular weight excluding hydrogens is 230 g/mol. The van der Waals surface area contributed by atoms with E-state index in [1.165, 1.54) is 13.2 Å². The standard InChI is InChI=1S/C11H8ClNO3/c1-16-9-5-3-7(12)10-6(9)2-4-8(13-10)11(14)15/h2-5H,1H3,(H,14,15). The van der Waals surface area contributed by atoms with Crippen LogP contribution in [0.5, 0.6) is 5.75 Å². The van der Waals surface area contributed by atoms with Gasteiger partial charge in [-0.3, -0.25) is 0 Å². The molecule has 0 aliphatic heterocycles. The number of pyridine rings is 1. The molecule has 1 aromatic heterocycles. The summed E-state index contributed by atoms with van der Waals surface area (Å²) < 4.78 is 5.14. The molecule has 1 aromatic carbocycles. The van der Waals surface area contributed by atoms with Crippen LogP contribution in [0.2, 0.25) is 5.02 Å². The number of hydrogen-bond donors (Lipinski definition) is 1. The van der Waals surface area contributed by atoms with Gasteiger partial charge in [0, 0.05) is 5.39 Å². The Kier molecular flexibility index (Phi) is 2.66. The van der Waals surface area contributed by atoms with Crippen molar-refractivity contribution < 1.29 is 14.6 Å². The number of fused-ring (bicyclic) bond motifs is 1. The van der Waals surface area contributed by atoms with Crippen LogP contribution >= 0.6 is 11.6 Å². The summed E-state index contributed by atoms with van der Waals surface area (Å²) in [5.74, 6) is -0.468. The van der Waals surface area contributed by atoms with Crippen molar-refractivity contribution >= 4 is 28.5 Å². The summed E-state index contributed by atoms with van der Waals surface area (Å²) in [7, 11) is 1.54. The number of nitrogens with zero attached hydrogens (tertiary/aromatic N) is 1. The van der Waals surface area contributed by atoms with Gasteiger partial charge >= 0.3 is 5.97 Å². The number of rotatable bonds is 2. The first kappa shape index (κ1) is 10.7. The fraction of sp³-hybridized carbons (Fsp3) is 0.0909. The van der Waals surface area contributed by atoms with Crippen LogP contribution in [-0.2, 0) is 0 Å². The summed E-state index contributed by atoms with van der Waals surface area (Å²) in [4.78, 5) is 14.7. The van der Waals surface area contributed by atoms with Crippen molar-refractivity contribution in [2.45, 2.75) is 0 Å². The summed E-state index contributed by atoms with van der Waals surface area (Å²) in [6.45, 7) is 0. The highest BCUT2D eigenvalue weighted by Gasteiger charge is 2.10. The van der Waals surface area contributed by atoms with Gasteiger partial charge in [0.25, 0.3) is 0 Å². The van der Waals surface area contributed by atoms with Crippen molar-refractivity contribution in [3.63, 3.8) is 0 Å². The lowest BCUT2D eigenvalue weighted by Gasteiger charge is -2.06. The maximum atomic E-state index is 10.8. The van der Waals surface area contributed by atoms with E-state index in [-0.39, 0.29) is 5.69 Å². The zero-order valence-corrected chi connectivity index (χ0v) is 9.15. The summed E-state index contributed by atoms with van der Waals surface area (Å²) in [6.07, 6.45) is 0. The Morgan fingerprint density at radius 2 is 2.12 bits per heavy atom. The van der Waals surface area contributed by atoms with Gasteiger partial charge < -0.3 is 9.84 Å². The van der Waals surface area contributed by atoms with Crippen LogP contribution < -0.4 is 4.74 Å². The molecule has 0 radical (unpaired) electrons. The van der Waals surface area contributed by atoms with Gasteiger partial charge in [0.2, 0.25) is 0 Å². The molecule has 0 aliphatic rings. The quantitative estimate of drug-likeness (QED) is 0.872. The first-order valence-corrected chi connectivity index (χ1v) is 4.88. The minimum atomic E-state index is -1.08. The topological polar surface area (TPSA) is 59.4 Å². The Morgan fingerprint density at radius 3 is 2.75 bits per heavy atom. The van der Waals surface area contributed by atoms with E-state index in [1.54, 1.807) is 18.2 Å². The number of aromatic carboxylic acids is 1. The molecule has 2 rings (SSSR count). The smallest absolute Gasteiger partial charge is 0.354 e. The fourth-order valence-corrected chi connectivity index (χ4v) is 1.66. The number of carboxylic acid groups (broad SMARTS) is 1. The molecular formula is C11H8ClNO3. The van der Waals surface area contributed by atoms with Crippen LogP contribution in [0.15, 0.2) is 24.3 Å². The predicted molar refractivity (Wildman–Crippen MR) is 60.3 cm³/mol. The minimum absolute atomic E-state index is 0.0392. The molecule has 0 amide bonds. The third-order valence-electron chi connectivity index (χ3n) is 2.21. The average molecular weight is 238 g/mol. The molecule has 82 valence electrons. The van der Waals surface area contributed by atoms with Crippen molar-refractivity contribution in [2.75, 3.05) is 7.11 Å². The maximum absolute atomic E-state index is 10.8. The Hall–Kier alpha value is -1.81. The lowest BCUT2D eigenvalue weighted by molar-refractivity contribution is 0.0691. The van der Waals surface area contributed by atoms with Gasteiger partial charge in [-0.15, -0.1) is 0 Å². The first-order valence-electron chi connectivity index (χ1n) is 4.50. The molecule has 0 fully saturated rings. The van der Waals surface area contributed by atoms with Crippen LogP contribution in [0.1, 0.15) is 10.5 Å². The SMILES string of the molecule is COc1ccc(Cl)c2nc(C(=O)O)ccc12. The lowest BCUT2D eigenvalue weighted by atomic mass is 10.2. The van der Waals surface area contributed by atoms with Gasteiger partial charge in [-0.1, -0.05) is 11.6 Å². The van der Waals surface area contributed by atoms with E-state index in [4.69, 9.17) is 21.4 Å². The van der Waals surface area contributed by atoms with Crippen LogP contribution in [-0.4, -0.2) is 23.2 Å². The number of methoxy groups -OCH3 is 1. The molecule has 0 saturated carbocycles. The molecule has 0 atom stereocenters. The summed E-state index contributed by atoms with van der Waals surface area (Å²) in [6, 6.07) is 6.40. The third kappa shape index (κ3) is 1.67. The van der Waals surface area contributed by atoms with E-state index in [2.05, 4.69) is 4.98 Å². The van der Waals surface area contributed by atoms with Crippen LogP contribution in [0.3, 0.4) is 0 Å². The molecule has 0 spiro atoms. The fourth-order valence-electron chi connectivity index (χ4n) is 1.45. The molecule has 1 N–H and O–H groups in total. The highest BCUT2D eigenvalue weighted by molar-refractivity contribution is 6.35. The van der Waals surface area contributed by atoms with E-state index in [1.807, 2.05) is 0 Å².